The normalized spacial score (nSPS) is 11.0. The van der Waals surface area contributed by atoms with Gasteiger partial charge in [0.1, 0.15) is 5.01 Å². The van der Waals surface area contributed by atoms with Crippen LogP contribution in [0.5, 0.6) is 0 Å². The van der Waals surface area contributed by atoms with Crippen LogP contribution in [0.1, 0.15) is 16.3 Å². The summed E-state index contributed by atoms with van der Waals surface area (Å²) >= 11 is 3.37. The Bertz CT molecular complexity index is 684. The molecule has 5 heteroatoms. The van der Waals surface area contributed by atoms with Crippen LogP contribution < -0.4 is 5.32 Å². The fourth-order valence-electron chi connectivity index (χ4n) is 1.80. The van der Waals surface area contributed by atoms with E-state index < -0.39 is 0 Å². The van der Waals surface area contributed by atoms with E-state index in [4.69, 9.17) is 0 Å². The standard InChI is InChI=1S/C13H13N3S2/c1-8-4-3-5-10-12(8)16-13(18-10)14-6-11-15-9(2)7-17-11/h3-5,7H,6H2,1-2H3,(H,14,16). The van der Waals surface area contributed by atoms with Gasteiger partial charge in [-0.25, -0.2) is 9.97 Å². The molecule has 3 aromatic rings. The van der Waals surface area contributed by atoms with Gasteiger partial charge in [-0.1, -0.05) is 23.5 Å². The molecule has 0 spiro atoms. The van der Waals surface area contributed by atoms with E-state index in [0.717, 1.165) is 27.9 Å². The van der Waals surface area contributed by atoms with Crippen LogP contribution in [0.25, 0.3) is 10.2 Å². The van der Waals surface area contributed by atoms with Gasteiger partial charge in [0, 0.05) is 11.1 Å². The highest BCUT2D eigenvalue weighted by Crippen LogP contribution is 2.28. The molecule has 2 aromatic heterocycles. The molecule has 0 aliphatic carbocycles. The zero-order valence-corrected chi connectivity index (χ0v) is 11.9. The maximum atomic E-state index is 4.62. The summed E-state index contributed by atoms with van der Waals surface area (Å²) < 4.78 is 1.23. The molecular formula is C13H13N3S2. The Morgan fingerprint density at radius 1 is 1.22 bits per heavy atom. The summed E-state index contributed by atoms with van der Waals surface area (Å²) in [5.41, 5.74) is 3.40. The van der Waals surface area contributed by atoms with Crippen LogP contribution in [0.2, 0.25) is 0 Å². The van der Waals surface area contributed by atoms with Crippen molar-refractivity contribution in [1.82, 2.24) is 9.97 Å². The predicted octanol–water partition coefficient (Wildman–Crippen LogP) is 3.98. The molecule has 1 aromatic carbocycles. The van der Waals surface area contributed by atoms with Crippen molar-refractivity contribution in [3.05, 3.63) is 39.8 Å². The van der Waals surface area contributed by atoms with Crippen molar-refractivity contribution in [3.8, 4) is 0 Å². The Hall–Kier alpha value is -1.46. The van der Waals surface area contributed by atoms with Crippen molar-refractivity contribution in [3.63, 3.8) is 0 Å². The minimum atomic E-state index is 0.747. The largest absolute Gasteiger partial charge is 0.355 e. The number of rotatable bonds is 3. The molecule has 0 amide bonds. The molecule has 0 saturated heterocycles. The Balaban J connectivity index is 1.81. The summed E-state index contributed by atoms with van der Waals surface area (Å²) in [6, 6.07) is 6.28. The molecular weight excluding hydrogens is 262 g/mol. The number of nitrogens with zero attached hydrogens (tertiary/aromatic N) is 2. The number of para-hydroxylation sites is 1. The zero-order chi connectivity index (χ0) is 12.5. The third-order valence-corrected chi connectivity index (χ3v) is 4.62. The fraction of sp³-hybridized carbons (Fsp3) is 0.231. The summed E-state index contributed by atoms with van der Waals surface area (Å²) in [6.07, 6.45) is 0. The lowest BCUT2D eigenvalue weighted by Crippen LogP contribution is -1.98. The van der Waals surface area contributed by atoms with Gasteiger partial charge in [-0.2, -0.15) is 0 Å². The quantitative estimate of drug-likeness (QED) is 0.785. The Morgan fingerprint density at radius 3 is 2.83 bits per heavy atom. The number of benzene rings is 1. The van der Waals surface area contributed by atoms with Gasteiger partial charge in [0.25, 0.3) is 0 Å². The zero-order valence-electron chi connectivity index (χ0n) is 10.2. The molecule has 0 saturated carbocycles. The summed E-state index contributed by atoms with van der Waals surface area (Å²) in [6.45, 7) is 4.86. The van der Waals surface area contributed by atoms with Gasteiger partial charge in [-0.05, 0) is 25.5 Å². The smallest absolute Gasteiger partial charge is 0.184 e. The number of anilines is 1. The number of nitrogens with one attached hydrogen (secondary N) is 1. The average Bonchev–Trinajstić information content (AvgIpc) is 2.93. The van der Waals surface area contributed by atoms with Crippen LogP contribution in [0.15, 0.2) is 23.6 Å². The topological polar surface area (TPSA) is 37.8 Å². The van der Waals surface area contributed by atoms with Gasteiger partial charge in [0.05, 0.1) is 16.8 Å². The number of thiazole rings is 2. The van der Waals surface area contributed by atoms with Gasteiger partial charge in [0.15, 0.2) is 5.13 Å². The Morgan fingerprint density at radius 2 is 2.11 bits per heavy atom. The Labute approximate surface area is 114 Å². The average molecular weight is 275 g/mol. The van der Waals surface area contributed by atoms with Gasteiger partial charge >= 0.3 is 0 Å². The second-order valence-electron chi connectivity index (χ2n) is 4.18. The summed E-state index contributed by atoms with van der Waals surface area (Å²) in [5.74, 6) is 0. The molecule has 3 rings (SSSR count). The number of fused-ring (bicyclic) bond motifs is 1. The lowest BCUT2D eigenvalue weighted by atomic mass is 10.2. The summed E-state index contributed by atoms with van der Waals surface area (Å²) in [4.78, 5) is 9.05. The second-order valence-corrected chi connectivity index (χ2v) is 6.15. The lowest BCUT2D eigenvalue weighted by molar-refractivity contribution is 1.07. The van der Waals surface area contributed by atoms with Crippen molar-refractivity contribution < 1.29 is 0 Å². The van der Waals surface area contributed by atoms with E-state index in [0.29, 0.717) is 0 Å². The number of hydrogen-bond donors (Lipinski definition) is 1. The van der Waals surface area contributed by atoms with E-state index in [-0.39, 0.29) is 0 Å². The van der Waals surface area contributed by atoms with Crippen LogP contribution in [0.3, 0.4) is 0 Å². The van der Waals surface area contributed by atoms with Gasteiger partial charge < -0.3 is 5.32 Å². The van der Waals surface area contributed by atoms with E-state index in [1.165, 1.54) is 10.3 Å². The SMILES string of the molecule is Cc1csc(CNc2nc3c(C)cccc3s2)n1. The van der Waals surface area contributed by atoms with Crippen LogP contribution in [0.4, 0.5) is 5.13 Å². The second kappa shape index (κ2) is 4.66. The van der Waals surface area contributed by atoms with Gasteiger partial charge in [-0.15, -0.1) is 11.3 Å². The fourth-order valence-corrected chi connectivity index (χ4v) is 3.45. The highest BCUT2D eigenvalue weighted by atomic mass is 32.1. The highest BCUT2D eigenvalue weighted by Gasteiger charge is 2.06. The first-order valence-corrected chi connectivity index (χ1v) is 7.43. The molecule has 0 radical (unpaired) electrons. The molecule has 2 heterocycles. The van der Waals surface area contributed by atoms with Crippen LogP contribution in [0, 0.1) is 13.8 Å². The highest BCUT2D eigenvalue weighted by molar-refractivity contribution is 7.22. The van der Waals surface area contributed by atoms with Crippen LogP contribution in [-0.2, 0) is 6.54 Å². The van der Waals surface area contributed by atoms with Crippen LogP contribution >= 0.6 is 22.7 Å². The molecule has 1 N–H and O–H groups in total. The van der Waals surface area contributed by atoms with E-state index >= 15 is 0 Å². The first-order chi connectivity index (χ1) is 8.72. The third kappa shape index (κ3) is 2.23. The van der Waals surface area contributed by atoms with Crippen molar-refractivity contribution in [2.45, 2.75) is 20.4 Å². The summed E-state index contributed by atoms with van der Waals surface area (Å²) in [5, 5.41) is 7.48. The molecule has 0 aliphatic heterocycles. The molecule has 18 heavy (non-hydrogen) atoms. The monoisotopic (exact) mass is 275 g/mol. The van der Waals surface area contributed by atoms with Gasteiger partial charge in [-0.3, -0.25) is 0 Å². The van der Waals surface area contributed by atoms with E-state index in [2.05, 4.69) is 45.8 Å². The number of hydrogen-bond acceptors (Lipinski definition) is 5. The number of aromatic nitrogens is 2. The molecule has 3 nitrogen and oxygen atoms in total. The first kappa shape index (κ1) is 11.6. The Kier molecular flexibility index (Phi) is 3.01. The van der Waals surface area contributed by atoms with Crippen molar-refractivity contribution in [2.24, 2.45) is 0 Å². The van der Waals surface area contributed by atoms with Crippen LogP contribution in [-0.4, -0.2) is 9.97 Å². The molecule has 0 aliphatic rings. The molecule has 0 bridgehead atoms. The molecule has 92 valence electrons. The maximum Gasteiger partial charge on any atom is 0.184 e. The summed E-state index contributed by atoms with van der Waals surface area (Å²) in [7, 11) is 0. The van der Waals surface area contributed by atoms with Crippen molar-refractivity contribution in [2.75, 3.05) is 5.32 Å². The molecule has 0 atom stereocenters. The predicted molar refractivity (Wildman–Crippen MR) is 78.5 cm³/mol. The van der Waals surface area contributed by atoms with Crippen molar-refractivity contribution in [1.29, 1.82) is 0 Å². The third-order valence-electron chi connectivity index (χ3n) is 2.68. The van der Waals surface area contributed by atoms with E-state index in [9.17, 15) is 0 Å². The van der Waals surface area contributed by atoms with E-state index in [1.807, 2.05) is 6.92 Å². The molecule has 0 fully saturated rings. The van der Waals surface area contributed by atoms with Gasteiger partial charge in [0.2, 0.25) is 0 Å². The lowest BCUT2D eigenvalue weighted by Gasteiger charge is -1.97. The molecule has 0 unspecified atom stereocenters. The number of aryl methyl sites for hydroxylation is 2. The van der Waals surface area contributed by atoms with Crippen molar-refractivity contribution >= 4 is 38.0 Å². The minimum absolute atomic E-state index is 0.747. The maximum absolute atomic E-state index is 4.62. The first-order valence-electron chi connectivity index (χ1n) is 5.73. The minimum Gasteiger partial charge on any atom is -0.355 e. The van der Waals surface area contributed by atoms with E-state index in [1.54, 1.807) is 22.7 Å².